The van der Waals surface area contributed by atoms with Crippen molar-refractivity contribution in [1.82, 2.24) is 25.2 Å². The van der Waals surface area contributed by atoms with Crippen molar-refractivity contribution in [2.75, 3.05) is 7.11 Å². The maximum atomic E-state index is 11.8. The number of nitrogens with two attached hydrogens (primary N) is 1. The first-order valence-electron chi connectivity index (χ1n) is 6.97. The minimum Gasteiger partial charge on any atom is -0.497 e. The number of hydrogen-bond acceptors (Lipinski definition) is 7. The first kappa shape index (κ1) is 17.5. The molecule has 3 aromatic rings. The summed E-state index contributed by atoms with van der Waals surface area (Å²) in [6, 6.07) is 8.95. The van der Waals surface area contributed by atoms with Gasteiger partial charge < -0.3 is 4.74 Å². The fourth-order valence-corrected chi connectivity index (χ4v) is 3.54. The van der Waals surface area contributed by atoms with E-state index < -0.39 is 10.0 Å². The van der Waals surface area contributed by atoms with Gasteiger partial charge in [-0.05, 0) is 50.1 Å². The van der Waals surface area contributed by atoms with E-state index in [1.54, 1.807) is 13.2 Å². The number of tetrazole rings is 1. The molecule has 130 valence electrons. The molecule has 11 heteroatoms. The van der Waals surface area contributed by atoms with Crippen molar-refractivity contribution in [3.63, 3.8) is 0 Å². The molecule has 0 atom stereocenters. The first-order valence-corrected chi connectivity index (χ1v) is 9.31. The van der Waals surface area contributed by atoms with Gasteiger partial charge in [-0.15, -0.1) is 5.10 Å². The van der Waals surface area contributed by atoms with Crippen LogP contribution in [0.1, 0.15) is 5.56 Å². The number of pyridine rings is 1. The third kappa shape index (κ3) is 3.67. The average molecular weight is 425 g/mol. The number of rotatable bonds is 5. The van der Waals surface area contributed by atoms with Gasteiger partial charge in [-0.1, -0.05) is 12.1 Å². The molecule has 0 saturated carbocycles. The van der Waals surface area contributed by atoms with E-state index in [9.17, 15) is 8.42 Å². The highest BCUT2D eigenvalue weighted by molar-refractivity contribution is 9.10. The zero-order chi connectivity index (χ0) is 18.0. The smallest absolute Gasteiger partial charge is 0.256 e. The summed E-state index contributed by atoms with van der Waals surface area (Å²) in [6.45, 7) is 0.331. The normalized spacial score (nSPS) is 11.5. The summed E-state index contributed by atoms with van der Waals surface area (Å²) in [7, 11) is -2.46. The molecule has 0 unspecified atom stereocenters. The van der Waals surface area contributed by atoms with Crippen LogP contribution < -0.4 is 9.88 Å². The summed E-state index contributed by atoms with van der Waals surface area (Å²) < 4.78 is 30.8. The number of benzene rings is 1. The lowest BCUT2D eigenvalue weighted by Crippen LogP contribution is -2.16. The van der Waals surface area contributed by atoms with E-state index in [1.807, 2.05) is 24.3 Å². The van der Waals surface area contributed by atoms with Crippen molar-refractivity contribution in [1.29, 1.82) is 0 Å². The van der Waals surface area contributed by atoms with Gasteiger partial charge in [0, 0.05) is 10.7 Å². The molecule has 0 saturated heterocycles. The van der Waals surface area contributed by atoms with E-state index in [4.69, 9.17) is 9.88 Å². The van der Waals surface area contributed by atoms with E-state index in [1.165, 1.54) is 10.9 Å². The fourth-order valence-electron chi connectivity index (χ4n) is 2.23. The Kier molecular flexibility index (Phi) is 4.79. The highest BCUT2D eigenvalue weighted by Crippen LogP contribution is 2.31. The van der Waals surface area contributed by atoms with Gasteiger partial charge in [0.25, 0.3) is 10.0 Å². The highest BCUT2D eigenvalue weighted by Gasteiger charge is 2.24. The highest BCUT2D eigenvalue weighted by atomic mass is 79.9. The molecule has 0 amide bonds. The lowest BCUT2D eigenvalue weighted by atomic mass is 10.2. The standard InChI is InChI=1S/C14H13BrN6O3S/c1-24-10-4-2-9(3-5-10)8-21-13(18-19-20-21)12-11(15)6-7-17-14(12)25(16,22)23/h2-7H,8H2,1H3,(H2,16,22,23). The monoisotopic (exact) mass is 424 g/mol. The van der Waals surface area contributed by atoms with Crippen LogP contribution in [0.5, 0.6) is 5.75 Å². The van der Waals surface area contributed by atoms with E-state index in [-0.39, 0.29) is 16.4 Å². The topological polar surface area (TPSA) is 126 Å². The first-order chi connectivity index (χ1) is 11.9. The van der Waals surface area contributed by atoms with Crippen LogP contribution in [0.2, 0.25) is 0 Å². The van der Waals surface area contributed by atoms with Crippen molar-refractivity contribution in [3.8, 4) is 17.1 Å². The molecule has 2 aromatic heterocycles. The molecule has 0 fully saturated rings. The lowest BCUT2D eigenvalue weighted by molar-refractivity contribution is 0.414. The number of aromatic nitrogens is 5. The molecule has 25 heavy (non-hydrogen) atoms. The van der Waals surface area contributed by atoms with Crippen LogP contribution in [0, 0.1) is 0 Å². The number of sulfonamides is 1. The molecule has 0 radical (unpaired) electrons. The quantitative estimate of drug-likeness (QED) is 0.651. The second-order valence-corrected chi connectivity index (χ2v) is 7.36. The van der Waals surface area contributed by atoms with Crippen LogP contribution in [0.15, 0.2) is 46.0 Å². The molecular weight excluding hydrogens is 412 g/mol. The van der Waals surface area contributed by atoms with E-state index in [2.05, 4.69) is 36.4 Å². The molecule has 2 N–H and O–H groups in total. The second kappa shape index (κ2) is 6.86. The van der Waals surface area contributed by atoms with Gasteiger partial charge in [-0.2, -0.15) is 0 Å². The zero-order valence-electron chi connectivity index (χ0n) is 13.0. The maximum absolute atomic E-state index is 11.8. The molecule has 0 bridgehead atoms. The van der Waals surface area contributed by atoms with Crippen molar-refractivity contribution in [2.24, 2.45) is 5.14 Å². The van der Waals surface area contributed by atoms with E-state index in [0.29, 0.717) is 11.0 Å². The van der Waals surface area contributed by atoms with Gasteiger partial charge in [0.05, 0.1) is 19.2 Å². The molecule has 0 aliphatic heterocycles. The third-order valence-corrected chi connectivity index (χ3v) is 4.89. The van der Waals surface area contributed by atoms with Gasteiger partial charge >= 0.3 is 0 Å². The number of halogens is 1. The van der Waals surface area contributed by atoms with Crippen LogP contribution in [0.4, 0.5) is 0 Å². The van der Waals surface area contributed by atoms with Crippen molar-refractivity contribution in [2.45, 2.75) is 11.6 Å². The second-order valence-electron chi connectivity index (χ2n) is 5.03. The average Bonchev–Trinajstić information content (AvgIpc) is 3.02. The summed E-state index contributed by atoms with van der Waals surface area (Å²) in [5.74, 6) is 0.965. The molecule has 2 heterocycles. The fraction of sp³-hybridized carbons (Fsp3) is 0.143. The largest absolute Gasteiger partial charge is 0.497 e. The van der Waals surface area contributed by atoms with Crippen LogP contribution in [-0.2, 0) is 16.6 Å². The Morgan fingerprint density at radius 3 is 2.60 bits per heavy atom. The predicted octanol–water partition coefficient (Wildman–Crippen LogP) is 1.20. The number of methoxy groups -OCH3 is 1. The van der Waals surface area contributed by atoms with Gasteiger partial charge in [0.15, 0.2) is 10.9 Å². The molecular formula is C14H13BrN6O3S. The van der Waals surface area contributed by atoms with Crippen molar-refractivity contribution in [3.05, 3.63) is 46.6 Å². The lowest BCUT2D eigenvalue weighted by Gasteiger charge is -2.10. The minimum absolute atomic E-state index is 0.212. The van der Waals surface area contributed by atoms with Crippen LogP contribution in [0.25, 0.3) is 11.4 Å². The van der Waals surface area contributed by atoms with Crippen molar-refractivity contribution < 1.29 is 13.2 Å². The predicted molar refractivity (Wildman–Crippen MR) is 92.2 cm³/mol. The van der Waals surface area contributed by atoms with Crippen LogP contribution >= 0.6 is 15.9 Å². The third-order valence-electron chi connectivity index (χ3n) is 3.38. The Labute approximate surface area is 152 Å². The van der Waals surface area contributed by atoms with Gasteiger partial charge in [0.1, 0.15) is 5.75 Å². The van der Waals surface area contributed by atoms with Crippen molar-refractivity contribution >= 4 is 26.0 Å². The van der Waals surface area contributed by atoms with E-state index in [0.717, 1.165) is 11.3 Å². The zero-order valence-corrected chi connectivity index (χ0v) is 15.4. The Bertz CT molecular complexity index is 1000. The van der Waals surface area contributed by atoms with E-state index >= 15 is 0 Å². The number of primary sulfonamides is 1. The Balaban J connectivity index is 2.05. The summed E-state index contributed by atoms with van der Waals surface area (Å²) in [4.78, 5) is 3.87. The summed E-state index contributed by atoms with van der Waals surface area (Å²) >= 11 is 3.31. The summed E-state index contributed by atoms with van der Waals surface area (Å²) in [5.41, 5.74) is 1.12. The molecule has 9 nitrogen and oxygen atoms in total. The molecule has 0 aliphatic rings. The van der Waals surface area contributed by atoms with Crippen LogP contribution in [-0.4, -0.2) is 40.7 Å². The number of hydrogen-bond donors (Lipinski definition) is 1. The SMILES string of the molecule is COc1ccc(Cn2nnnc2-c2c(Br)ccnc2S(N)(=O)=O)cc1. The minimum atomic E-state index is -4.05. The Morgan fingerprint density at radius 2 is 1.96 bits per heavy atom. The molecule has 0 spiro atoms. The van der Waals surface area contributed by atoms with Gasteiger partial charge in [0.2, 0.25) is 0 Å². The molecule has 1 aromatic carbocycles. The van der Waals surface area contributed by atoms with Gasteiger partial charge in [-0.3, -0.25) is 0 Å². The maximum Gasteiger partial charge on any atom is 0.256 e. The van der Waals surface area contributed by atoms with Crippen LogP contribution in [0.3, 0.4) is 0 Å². The number of nitrogens with zero attached hydrogens (tertiary/aromatic N) is 5. The summed E-state index contributed by atoms with van der Waals surface area (Å²) in [5, 5.41) is 16.5. The molecule has 0 aliphatic carbocycles. The number of ether oxygens (including phenoxy) is 1. The molecule has 3 rings (SSSR count). The summed E-state index contributed by atoms with van der Waals surface area (Å²) in [6.07, 6.45) is 1.34. The Hall–Kier alpha value is -2.37. The Morgan fingerprint density at radius 1 is 1.24 bits per heavy atom. The van der Waals surface area contributed by atoms with Gasteiger partial charge in [-0.25, -0.2) is 23.2 Å².